The summed E-state index contributed by atoms with van der Waals surface area (Å²) in [6, 6.07) is 7.45. The van der Waals surface area contributed by atoms with Crippen molar-refractivity contribution >= 4 is 17.8 Å². The molecule has 0 spiro atoms. The van der Waals surface area contributed by atoms with Crippen LogP contribution in [0.15, 0.2) is 30.3 Å². The van der Waals surface area contributed by atoms with E-state index in [0.717, 1.165) is 24.8 Å². The molecule has 0 saturated heterocycles. The lowest BCUT2D eigenvalue weighted by Gasteiger charge is -2.55. The molecule has 0 aromatic heterocycles. The molecule has 26 heavy (non-hydrogen) atoms. The van der Waals surface area contributed by atoms with Crippen LogP contribution in [0.1, 0.15) is 44.1 Å². The normalized spacial score (nSPS) is 32.0. The highest BCUT2D eigenvalue weighted by atomic mass is 16.5. The molecule has 1 aromatic carbocycles. The summed E-state index contributed by atoms with van der Waals surface area (Å²) in [5, 5.41) is 0. The highest BCUT2D eigenvalue weighted by Crippen LogP contribution is 2.60. The molecule has 0 unspecified atom stereocenters. The summed E-state index contributed by atoms with van der Waals surface area (Å²) >= 11 is 0. The molecule has 4 bridgehead atoms. The number of methoxy groups -OCH3 is 1. The standard InChI is InChI=1S/C22H26O4/c1-25-19-5-3-2-4-18(19)6-7-21(24)26-14-20(23)22-11-15-8-16(12-22)10-17(9-15)13-22/h2-7,15-17H,8-14H2,1H3. The Hall–Kier alpha value is -2.10. The Kier molecular flexibility index (Phi) is 4.60. The second-order valence-electron chi connectivity index (χ2n) is 8.30. The van der Waals surface area contributed by atoms with Gasteiger partial charge in [-0.1, -0.05) is 18.2 Å². The van der Waals surface area contributed by atoms with Crippen molar-refractivity contribution in [3.8, 4) is 5.75 Å². The van der Waals surface area contributed by atoms with Crippen molar-refractivity contribution in [1.29, 1.82) is 0 Å². The van der Waals surface area contributed by atoms with Gasteiger partial charge in [-0.2, -0.15) is 0 Å². The topological polar surface area (TPSA) is 52.6 Å². The zero-order valence-corrected chi connectivity index (χ0v) is 15.3. The SMILES string of the molecule is COc1ccccc1C=CC(=O)OCC(=O)C12CC3CC(CC(C3)C1)C2. The predicted molar refractivity (Wildman–Crippen MR) is 98.6 cm³/mol. The number of ketones is 1. The van der Waals surface area contributed by atoms with Crippen LogP contribution in [0.25, 0.3) is 6.08 Å². The third-order valence-corrected chi connectivity index (χ3v) is 6.51. The van der Waals surface area contributed by atoms with Crippen LogP contribution in [0, 0.1) is 23.2 Å². The number of Topliss-reactive ketones (excluding diaryl/α,β-unsaturated/α-hetero) is 1. The molecule has 0 radical (unpaired) electrons. The van der Waals surface area contributed by atoms with E-state index in [-0.39, 0.29) is 17.8 Å². The lowest BCUT2D eigenvalue weighted by atomic mass is 9.48. The fourth-order valence-corrected chi connectivity index (χ4v) is 5.75. The Bertz CT molecular complexity index is 698. The van der Waals surface area contributed by atoms with Gasteiger partial charge in [0.15, 0.2) is 12.4 Å². The molecule has 0 N–H and O–H groups in total. The molecular weight excluding hydrogens is 328 g/mol. The van der Waals surface area contributed by atoms with Gasteiger partial charge in [0.25, 0.3) is 0 Å². The molecule has 0 heterocycles. The first kappa shape index (κ1) is 17.3. The summed E-state index contributed by atoms with van der Waals surface area (Å²) in [6.45, 7) is -0.0960. The Morgan fingerprint density at radius 1 is 1.08 bits per heavy atom. The van der Waals surface area contributed by atoms with E-state index >= 15 is 0 Å². The van der Waals surface area contributed by atoms with E-state index in [9.17, 15) is 9.59 Å². The second kappa shape index (κ2) is 6.90. The summed E-state index contributed by atoms with van der Waals surface area (Å²) in [5.41, 5.74) is 0.598. The molecule has 4 saturated carbocycles. The van der Waals surface area contributed by atoms with Crippen LogP contribution in [0.4, 0.5) is 0 Å². The minimum absolute atomic E-state index is 0.0960. The fourth-order valence-electron chi connectivity index (χ4n) is 5.75. The molecule has 4 fully saturated rings. The number of hydrogen-bond acceptors (Lipinski definition) is 4. The van der Waals surface area contributed by atoms with E-state index in [1.54, 1.807) is 13.2 Å². The maximum absolute atomic E-state index is 12.9. The third-order valence-electron chi connectivity index (χ3n) is 6.51. The second-order valence-corrected chi connectivity index (χ2v) is 8.30. The number of rotatable bonds is 6. The van der Waals surface area contributed by atoms with E-state index in [4.69, 9.17) is 9.47 Å². The molecule has 0 aliphatic heterocycles. The van der Waals surface area contributed by atoms with Gasteiger partial charge in [-0.15, -0.1) is 0 Å². The molecule has 138 valence electrons. The van der Waals surface area contributed by atoms with E-state index in [2.05, 4.69) is 0 Å². The summed E-state index contributed by atoms with van der Waals surface area (Å²) < 4.78 is 10.5. The molecule has 5 rings (SSSR count). The Morgan fingerprint density at radius 3 is 2.31 bits per heavy atom. The Morgan fingerprint density at radius 2 is 1.69 bits per heavy atom. The Balaban J connectivity index is 1.34. The predicted octanol–water partition coefficient (Wildman–Crippen LogP) is 4.04. The number of esters is 1. The number of ether oxygens (including phenoxy) is 2. The van der Waals surface area contributed by atoms with Crippen LogP contribution in [-0.2, 0) is 14.3 Å². The van der Waals surface area contributed by atoms with Crippen molar-refractivity contribution in [2.24, 2.45) is 23.2 Å². The van der Waals surface area contributed by atoms with E-state index in [1.807, 2.05) is 24.3 Å². The van der Waals surface area contributed by atoms with Crippen LogP contribution in [0.3, 0.4) is 0 Å². The average molecular weight is 354 g/mol. The highest BCUT2D eigenvalue weighted by Gasteiger charge is 2.54. The summed E-state index contributed by atoms with van der Waals surface area (Å²) in [6.07, 6.45) is 9.95. The highest BCUT2D eigenvalue weighted by molar-refractivity contribution is 5.92. The first-order valence-corrected chi connectivity index (χ1v) is 9.59. The zero-order valence-electron chi connectivity index (χ0n) is 15.3. The molecule has 4 heteroatoms. The monoisotopic (exact) mass is 354 g/mol. The van der Waals surface area contributed by atoms with Crippen LogP contribution in [0.5, 0.6) is 5.75 Å². The van der Waals surface area contributed by atoms with E-state index < -0.39 is 5.97 Å². The number of carbonyl (C=O) groups excluding carboxylic acids is 2. The van der Waals surface area contributed by atoms with Crippen molar-refractivity contribution in [2.75, 3.05) is 13.7 Å². The van der Waals surface area contributed by atoms with Crippen molar-refractivity contribution in [1.82, 2.24) is 0 Å². The van der Waals surface area contributed by atoms with Crippen LogP contribution in [-0.4, -0.2) is 25.5 Å². The summed E-state index contributed by atoms with van der Waals surface area (Å²) in [5.74, 6) is 2.50. The first-order valence-electron chi connectivity index (χ1n) is 9.59. The summed E-state index contributed by atoms with van der Waals surface area (Å²) in [7, 11) is 1.59. The first-order chi connectivity index (χ1) is 12.6. The van der Waals surface area contributed by atoms with Gasteiger partial charge in [0, 0.05) is 17.1 Å². The molecule has 1 aromatic rings. The fraction of sp³-hybridized carbons (Fsp3) is 0.545. The van der Waals surface area contributed by atoms with Crippen LogP contribution in [0.2, 0.25) is 0 Å². The molecule has 4 aliphatic rings. The van der Waals surface area contributed by atoms with Gasteiger partial charge in [-0.05, 0) is 68.4 Å². The van der Waals surface area contributed by atoms with Crippen LogP contribution >= 0.6 is 0 Å². The van der Waals surface area contributed by atoms with Gasteiger partial charge in [0.05, 0.1) is 7.11 Å². The maximum Gasteiger partial charge on any atom is 0.331 e. The lowest BCUT2D eigenvalue weighted by Crippen LogP contribution is -2.51. The Labute approximate surface area is 154 Å². The number of hydrogen-bond donors (Lipinski definition) is 0. The van der Waals surface area contributed by atoms with Gasteiger partial charge in [-0.3, -0.25) is 4.79 Å². The quantitative estimate of drug-likeness (QED) is 0.571. The third kappa shape index (κ3) is 3.29. The molecule has 0 atom stereocenters. The van der Waals surface area contributed by atoms with Crippen molar-refractivity contribution < 1.29 is 19.1 Å². The molecule has 4 nitrogen and oxygen atoms in total. The smallest absolute Gasteiger partial charge is 0.331 e. The number of carbonyl (C=O) groups is 2. The average Bonchev–Trinajstić information content (AvgIpc) is 2.63. The lowest BCUT2D eigenvalue weighted by molar-refractivity contribution is -0.155. The van der Waals surface area contributed by atoms with Crippen molar-refractivity contribution in [3.05, 3.63) is 35.9 Å². The molecular formula is C22H26O4. The van der Waals surface area contributed by atoms with Gasteiger partial charge < -0.3 is 9.47 Å². The van der Waals surface area contributed by atoms with Crippen molar-refractivity contribution in [3.63, 3.8) is 0 Å². The van der Waals surface area contributed by atoms with Gasteiger partial charge in [0.1, 0.15) is 5.75 Å². The van der Waals surface area contributed by atoms with Gasteiger partial charge in [-0.25, -0.2) is 4.79 Å². The van der Waals surface area contributed by atoms with Gasteiger partial charge >= 0.3 is 5.97 Å². The summed E-state index contributed by atoms with van der Waals surface area (Å²) in [4.78, 5) is 24.9. The van der Waals surface area contributed by atoms with E-state index in [0.29, 0.717) is 23.5 Å². The zero-order chi connectivity index (χ0) is 18.1. The number of para-hydroxylation sites is 1. The minimum Gasteiger partial charge on any atom is -0.496 e. The van der Waals surface area contributed by atoms with Crippen LogP contribution < -0.4 is 4.74 Å². The van der Waals surface area contributed by atoms with E-state index in [1.165, 1.54) is 25.3 Å². The number of benzene rings is 1. The van der Waals surface area contributed by atoms with Crippen molar-refractivity contribution in [2.45, 2.75) is 38.5 Å². The van der Waals surface area contributed by atoms with Gasteiger partial charge in [0.2, 0.25) is 0 Å². The molecule has 0 amide bonds. The largest absolute Gasteiger partial charge is 0.496 e. The molecule has 4 aliphatic carbocycles. The minimum atomic E-state index is -0.478. The maximum atomic E-state index is 12.9.